The highest BCUT2D eigenvalue weighted by Gasteiger charge is 2.26. The Morgan fingerprint density at radius 1 is 1.29 bits per heavy atom. The molecule has 0 N–H and O–H groups in total. The Labute approximate surface area is 97.7 Å². The Balaban J connectivity index is 1.82. The Kier molecular flexibility index (Phi) is 3.78. The summed E-state index contributed by atoms with van der Waals surface area (Å²) in [6.45, 7) is 2.24. The zero-order chi connectivity index (χ0) is 9.80. The third-order valence-electron chi connectivity index (χ3n) is 2.27. The molecule has 2 nitrogen and oxygen atoms in total. The molecule has 1 aromatic rings. The summed E-state index contributed by atoms with van der Waals surface area (Å²) in [4.78, 5) is 0. The Bertz CT molecular complexity index is 276. The molecule has 0 amide bonds. The Morgan fingerprint density at radius 2 is 2.07 bits per heavy atom. The van der Waals surface area contributed by atoms with E-state index < -0.39 is 0 Å². The van der Waals surface area contributed by atoms with Gasteiger partial charge in [-0.3, -0.25) is 0 Å². The minimum absolute atomic E-state index is 0.260. The predicted octanol–water partition coefficient (Wildman–Crippen LogP) is 2.41. The lowest BCUT2D eigenvalue weighted by molar-refractivity contribution is 0.0346. The third-order valence-corrected chi connectivity index (χ3v) is 3.43. The number of ether oxygens (including phenoxy) is 2. The van der Waals surface area contributed by atoms with Crippen LogP contribution in [0.1, 0.15) is 5.56 Å². The molecule has 1 heterocycles. The lowest BCUT2D eigenvalue weighted by Gasteiger charge is -2.13. The molecule has 2 atom stereocenters. The number of rotatable bonds is 3. The molecule has 1 fully saturated rings. The number of hydrogen-bond acceptors (Lipinski definition) is 2. The number of hydrogen-bond donors (Lipinski definition) is 0. The van der Waals surface area contributed by atoms with E-state index in [2.05, 4.69) is 34.7 Å². The quantitative estimate of drug-likeness (QED) is 0.631. The topological polar surface area (TPSA) is 18.5 Å². The molecule has 1 aromatic carbocycles. The molecule has 0 spiro atoms. The van der Waals surface area contributed by atoms with Gasteiger partial charge < -0.3 is 9.47 Å². The molecule has 76 valence electrons. The fraction of sp³-hybridized carbons (Fsp3) is 0.455. The van der Waals surface area contributed by atoms with Crippen molar-refractivity contribution < 1.29 is 9.47 Å². The van der Waals surface area contributed by atoms with Gasteiger partial charge >= 0.3 is 0 Å². The highest BCUT2D eigenvalue weighted by molar-refractivity contribution is 14.1. The Hall–Kier alpha value is -0.130. The van der Waals surface area contributed by atoms with Gasteiger partial charge in [0.1, 0.15) is 0 Å². The summed E-state index contributed by atoms with van der Waals surface area (Å²) in [5.74, 6) is 0. The van der Waals surface area contributed by atoms with Gasteiger partial charge in [0.2, 0.25) is 0 Å². The zero-order valence-electron chi connectivity index (χ0n) is 7.86. The summed E-state index contributed by atoms with van der Waals surface area (Å²) in [5, 5.41) is 0. The van der Waals surface area contributed by atoms with Crippen molar-refractivity contribution in [2.45, 2.75) is 16.6 Å². The summed E-state index contributed by atoms with van der Waals surface area (Å²) < 4.78 is 11.6. The van der Waals surface area contributed by atoms with E-state index in [1.54, 1.807) is 0 Å². The van der Waals surface area contributed by atoms with E-state index in [-0.39, 0.29) is 6.10 Å². The van der Waals surface area contributed by atoms with Crippen LogP contribution >= 0.6 is 22.6 Å². The number of alkyl halides is 1. The van der Waals surface area contributed by atoms with Gasteiger partial charge in [-0.1, -0.05) is 52.9 Å². The predicted molar refractivity (Wildman–Crippen MR) is 63.6 cm³/mol. The summed E-state index contributed by atoms with van der Waals surface area (Å²) in [6, 6.07) is 10.2. The lowest BCUT2D eigenvalue weighted by atomic mass is 10.2. The highest BCUT2D eigenvalue weighted by atomic mass is 127. The van der Waals surface area contributed by atoms with E-state index in [1.165, 1.54) is 5.56 Å². The first-order chi connectivity index (χ1) is 6.86. The van der Waals surface area contributed by atoms with Crippen molar-refractivity contribution in [3.63, 3.8) is 0 Å². The van der Waals surface area contributed by atoms with Crippen molar-refractivity contribution in [3.8, 4) is 0 Å². The van der Waals surface area contributed by atoms with Crippen molar-refractivity contribution >= 4 is 22.6 Å². The van der Waals surface area contributed by atoms with E-state index >= 15 is 0 Å². The first-order valence-corrected chi connectivity index (χ1v) is 5.98. The normalized spacial score (nSPS) is 26.6. The third kappa shape index (κ3) is 2.68. The van der Waals surface area contributed by atoms with Crippen LogP contribution in [0.15, 0.2) is 30.3 Å². The lowest BCUT2D eigenvalue weighted by Crippen LogP contribution is -2.21. The second-order valence-electron chi connectivity index (χ2n) is 3.39. The van der Waals surface area contributed by atoms with Crippen molar-refractivity contribution in [1.82, 2.24) is 0 Å². The summed E-state index contributed by atoms with van der Waals surface area (Å²) in [6.07, 6.45) is 0.260. The summed E-state index contributed by atoms with van der Waals surface area (Å²) >= 11 is 2.39. The standard InChI is InChI=1S/C11H13IO2/c12-10-7-13-8-11(10)14-6-9-4-2-1-3-5-9/h1-5,10-11H,6-8H2. The molecule has 0 aromatic heterocycles. The molecule has 0 radical (unpaired) electrons. The number of halogens is 1. The molecule has 1 aliphatic rings. The van der Waals surface area contributed by atoms with Gasteiger partial charge in [-0.2, -0.15) is 0 Å². The second kappa shape index (κ2) is 5.09. The molecule has 1 saturated heterocycles. The van der Waals surface area contributed by atoms with Gasteiger partial charge in [0, 0.05) is 0 Å². The van der Waals surface area contributed by atoms with Gasteiger partial charge in [0.05, 0.1) is 29.8 Å². The maximum atomic E-state index is 5.77. The molecule has 0 bridgehead atoms. The molecule has 0 aliphatic carbocycles. The maximum Gasteiger partial charge on any atom is 0.0952 e. The molecule has 1 aliphatic heterocycles. The Morgan fingerprint density at radius 3 is 2.71 bits per heavy atom. The number of benzene rings is 1. The van der Waals surface area contributed by atoms with Gasteiger partial charge in [0.15, 0.2) is 0 Å². The SMILES string of the molecule is IC1COCC1OCc1ccccc1. The average molecular weight is 304 g/mol. The maximum absolute atomic E-state index is 5.77. The van der Waals surface area contributed by atoms with Crippen LogP contribution in [-0.2, 0) is 16.1 Å². The molecular formula is C11H13IO2. The van der Waals surface area contributed by atoms with Crippen LogP contribution in [0.3, 0.4) is 0 Å². The molecule has 2 rings (SSSR count). The minimum atomic E-state index is 0.260. The van der Waals surface area contributed by atoms with Gasteiger partial charge in [-0.25, -0.2) is 0 Å². The van der Waals surface area contributed by atoms with Crippen LogP contribution in [0.25, 0.3) is 0 Å². The van der Waals surface area contributed by atoms with Gasteiger partial charge in [0.25, 0.3) is 0 Å². The monoisotopic (exact) mass is 304 g/mol. The molecular weight excluding hydrogens is 291 g/mol. The van der Waals surface area contributed by atoms with E-state index in [4.69, 9.17) is 9.47 Å². The van der Waals surface area contributed by atoms with Gasteiger partial charge in [-0.15, -0.1) is 0 Å². The minimum Gasteiger partial charge on any atom is -0.378 e. The smallest absolute Gasteiger partial charge is 0.0952 e. The van der Waals surface area contributed by atoms with Crippen molar-refractivity contribution in [2.75, 3.05) is 13.2 Å². The summed E-state index contributed by atoms with van der Waals surface area (Å²) in [5.41, 5.74) is 1.23. The summed E-state index contributed by atoms with van der Waals surface area (Å²) in [7, 11) is 0. The molecule has 0 saturated carbocycles. The van der Waals surface area contributed by atoms with Crippen molar-refractivity contribution in [3.05, 3.63) is 35.9 Å². The average Bonchev–Trinajstić information content (AvgIpc) is 2.63. The highest BCUT2D eigenvalue weighted by Crippen LogP contribution is 2.19. The van der Waals surface area contributed by atoms with Crippen LogP contribution in [0.2, 0.25) is 0 Å². The zero-order valence-corrected chi connectivity index (χ0v) is 10.0. The van der Waals surface area contributed by atoms with Crippen molar-refractivity contribution in [2.24, 2.45) is 0 Å². The van der Waals surface area contributed by atoms with Crippen molar-refractivity contribution in [1.29, 1.82) is 0 Å². The first-order valence-electron chi connectivity index (χ1n) is 4.73. The van der Waals surface area contributed by atoms with Crippen LogP contribution in [0.4, 0.5) is 0 Å². The molecule has 2 unspecified atom stereocenters. The fourth-order valence-corrected chi connectivity index (χ4v) is 2.11. The first kappa shape index (κ1) is 10.4. The van der Waals surface area contributed by atoms with E-state index in [1.807, 2.05) is 18.2 Å². The van der Waals surface area contributed by atoms with E-state index in [9.17, 15) is 0 Å². The van der Waals surface area contributed by atoms with Crippen LogP contribution in [0, 0.1) is 0 Å². The van der Waals surface area contributed by atoms with E-state index in [0.29, 0.717) is 10.5 Å². The van der Waals surface area contributed by atoms with Crippen LogP contribution in [-0.4, -0.2) is 23.2 Å². The van der Waals surface area contributed by atoms with Crippen LogP contribution < -0.4 is 0 Å². The molecule has 3 heteroatoms. The van der Waals surface area contributed by atoms with Crippen LogP contribution in [0.5, 0.6) is 0 Å². The second-order valence-corrected chi connectivity index (χ2v) is 4.99. The van der Waals surface area contributed by atoms with E-state index in [0.717, 1.165) is 13.2 Å². The fourth-order valence-electron chi connectivity index (χ4n) is 1.44. The van der Waals surface area contributed by atoms with Gasteiger partial charge in [-0.05, 0) is 5.56 Å². The molecule has 14 heavy (non-hydrogen) atoms. The largest absolute Gasteiger partial charge is 0.378 e.